The first-order chi connectivity index (χ1) is 16.1. The van der Waals surface area contributed by atoms with E-state index in [0.717, 1.165) is 0 Å². The van der Waals surface area contributed by atoms with E-state index in [9.17, 15) is 23.2 Å². The van der Waals surface area contributed by atoms with E-state index in [2.05, 4.69) is 16.1 Å². The number of alkyl halides is 3. The van der Waals surface area contributed by atoms with Crippen molar-refractivity contribution in [2.75, 3.05) is 20.1 Å². The van der Waals surface area contributed by atoms with Crippen molar-refractivity contribution in [2.24, 2.45) is 5.92 Å². The van der Waals surface area contributed by atoms with Gasteiger partial charge in [-0.1, -0.05) is 12.1 Å². The van der Waals surface area contributed by atoms with Crippen LogP contribution in [0.3, 0.4) is 0 Å². The molecule has 2 aromatic rings. The van der Waals surface area contributed by atoms with Gasteiger partial charge in [0.05, 0.1) is 17.6 Å². The maximum atomic E-state index is 13.0. The summed E-state index contributed by atoms with van der Waals surface area (Å²) in [5.41, 5.74) is 1.34. The van der Waals surface area contributed by atoms with E-state index >= 15 is 0 Å². The fraction of sp³-hybridized carbons (Fsp3) is 0.417. The number of hydrogen-bond acceptors (Lipinski definition) is 6. The summed E-state index contributed by atoms with van der Waals surface area (Å²) in [5, 5.41) is 11.9. The number of amides is 1. The van der Waals surface area contributed by atoms with Gasteiger partial charge in [-0.05, 0) is 37.6 Å². The van der Waals surface area contributed by atoms with Gasteiger partial charge in [-0.2, -0.15) is 5.26 Å². The van der Waals surface area contributed by atoms with E-state index in [0.29, 0.717) is 35.5 Å². The molecular formula is C24H26F3N3O4. The summed E-state index contributed by atoms with van der Waals surface area (Å²) in [5.74, 6) is 0.0316. The predicted molar refractivity (Wildman–Crippen MR) is 117 cm³/mol. The maximum absolute atomic E-state index is 13.0. The summed E-state index contributed by atoms with van der Waals surface area (Å²) in [6, 6.07) is 11.4. The van der Waals surface area contributed by atoms with Crippen molar-refractivity contribution in [2.45, 2.75) is 39.5 Å². The first kappa shape index (κ1) is 25.2. The number of nitrogens with zero attached hydrogens (tertiary/aromatic N) is 2. The number of halogens is 3. The standard InChI is InChI=1S/C24H26F3N3O4/c1-15(2)33-21-7-4-16(8-18(21)10-28)14-32-20-6-5-17(22(9-20)34-24(25,26)27)11-30-12-19(13-30)23(31)29-3/h4-9,15,19H,11-14H2,1-3H3,(H,29,31). The molecule has 1 N–H and O–H groups in total. The zero-order valence-corrected chi connectivity index (χ0v) is 19.1. The van der Waals surface area contributed by atoms with Crippen LogP contribution in [0.15, 0.2) is 36.4 Å². The maximum Gasteiger partial charge on any atom is 0.573 e. The Morgan fingerprint density at radius 2 is 1.94 bits per heavy atom. The number of carbonyl (C=O) groups excluding carboxylic acids is 1. The number of hydrogen-bond donors (Lipinski definition) is 1. The number of benzene rings is 2. The van der Waals surface area contributed by atoms with Gasteiger partial charge in [0.15, 0.2) is 0 Å². The minimum absolute atomic E-state index is 0.0430. The fourth-order valence-electron chi connectivity index (χ4n) is 3.56. The molecule has 2 aromatic carbocycles. The van der Waals surface area contributed by atoms with Crippen LogP contribution in [0.2, 0.25) is 0 Å². The molecule has 10 heteroatoms. The molecule has 0 aliphatic carbocycles. The van der Waals surface area contributed by atoms with Crippen molar-refractivity contribution in [3.05, 3.63) is 53.1 Å². The van der Waals surface area contributed by atoms with Crippen LogP contribution in [-0.2, 0) is 17.9 Å². The van der Waals surface area contributed by atoms with Gasteiger partial charge in [0.25, 0.3) is 0 Å². The lowest BCUT2D eigenvalue weighted by atomic mass is 9.98. The second-order valence-electron chi connectivity index (χ2n) is 8.22. The number of rotatable bonds is 9. The van der Waals surface area contributed by atoms with Crippen molar-refractivity contribution in [1.29, 1.82) is 5.26 Å². The Hall–Kier alpha value is -3.45. The van der Waals surface area contributed by atoms with Crippen molar-refractivity contribution >= 4 is 5.91 Å². The lowest BCUT2D eigenvalue weighted by molar-refractivity contribution is -0.275. The molecule has 1 amide bonds. The van der Waals surface area contributed by atoms with Crippen LogP contribution in [0.4, 0.5) is 13.2 Å². The molecular weight excluding hydrogens is 451 g/mol. The monoisotopic (exact) mass is 477 g/mol. The van der Waals surface area contributed by atoms with Crippen LogP contribution in [0.5, 0.6) is 17.2 Å². The van der Waals surface area contributed by atoms with Crippen molar-refractivity contribution in [3.63, 3.8) is 0 Å². The summed E-state index contributed by atoms with van der Waals surface area (Å²) < 4.78 is 54.5. The summed E-state index contributed by atoms with van der Waals surface area (Å²) in [6.07, 6.45) is -4.95. The Bertz CT molecular complexity index is 1060. The molecule has 1 aliphatic heterocycles. The molecule has 3 rings (SSSR count). The summed E-state index contributed by atoms with van der Waals surface area (Å²) in [7, 11) is 1.55. The van der Waals surface area contributed by atoms with Gasteiger partial charge in [-0.15, -0.1) is 13.2 Å². The molecule has 0 aromatic heterocycles. The molecule has 1 saturated heterocycles. The Kier molecular flexibility index (Phi) is 7.89. The van der Waals surface area contributed by atoms with Crippen LogP contribution in [0, 0.1) is 17.2 Å². The van der Waals surface area contributed by atoms with E-state index in [1.54, 1.807) is 31.3 Å². The minimum Gasteiger partial charge on any atom is -0.490 e. The largest absolute Gasteiger partial charge is 0.573 e. The van der Waals surface area contributed by atoms with E-state index in [1.165, 1.54) is 12.1 Å². The average Bonchev–Trinajstić information content (AvgIpc) is 2.74. The zero-order valence-electron chi connectivity index (χ0n) is 19.1. The van der Waals surface area contributed by atoms with Gasteiger partial charge in [0.2, 0.25) is 5.91 Å². The van der Waals surface area contributed by atoms with Crippen LogP contribution < -0.4 is 19.5 Å². The molecule has 34 heavy (non-hydrogen) atoms. The minimum atomic E-state index is -4.86. The van der Waals surface area contributed by atoms with E-state index in [-0.39, 0.29) is 42.6 Å². The van der Waals surface area contributed by atoms with Gasteiger partial charge < -0.3 is 19.5 Å². The van der Waals surface area contributed by atoms with Crippen LogP contribution >= 0.6 is 0 Å². The molecule has 0 atom stereocenters. The number of nitriles is 1. The topological polar surface area (TPSA) is 83.8 Å². The Morgan fingerprint density at radius 1 is 1.21 bits per heavy atom. The van der Waals surface area contributed by atoms with Crippen LogP contribution in [0.1, 0.15) is 30.5 Å². The van der Waals surface area contributed by atoms with Gasteiger partial charge in [-0.3, -0.25) is 9.69 Å². The smallest absolute Gasteiger partial charge is 0.490 e. The van der Waals surface area contributed by atoms with E-state index in [1.807, 2.05) is 18.7 Å². The molecule has 1 fully saturated rings. The summed E-state index contributed by atoms with van der Waals surface area (Å²) in [6.45, 7) is 4.88. The number of ether oxygens (including phenoxy) is 3. The quantitative estimate of drug-likeness (QED) is 0.588. The molecule has 182 valence electrons. The SMILES string of the molecule is CNC(=O)C1CN(Cc2ccc(OCc3ccc(OC(C)C)c(C#N)c3)cc2OC(F)(F)F)C1. The van der Waals surface area contributed by atoms with Crippen molar-refractivity contribution in [3.8, 4) is 23.3 Å². The summed E-state index contributed by atoms with van der Waals surface area (Å²) >= 11 is 0. The average molecular weight is 477 g/mol. The fourth-order valence-corrected chi connectivity index (χ4v) is 3.56. The highest BCUT2D eigenvalue weighted by atomic mass is 19.4. The number of likely N-dealkylation sites (tertiary alicyclic amines) is 1. The molecule has 1 aliphatic rings. The third-order valence-corrected chi connectivity index (χ3v) is 5.17. The first-order valence-corrected chi connectivity index (χ1v) is 10.7. The van der Waals surface area contributed by atoms with Gasteiger partial charge in [-0.25, -0.2) is 0 Å². The molecule has 0 saturated carbocycles. The summed E-state index contributed by atoms with van der Waals surface area (Å²) in [4.78, 5) is 13.5. The van der Waals surface area contributed by atoms with E-state index in [4.69, 9.17) is 9.47 Å². The highest BCUT2D eigenvalue weighted by Gasteiger charge is 2.35. The first-order valence-electron chi connectivity index (χ1n) is 10.7. The number of nitrogens with one attached hydrogen (secondary N) is 1. The van der Waals surface area contributed by atoms with Crippen LogP contribution in [0.25, 0.3) is 0 Å². The third-order valence-electron chi connectivity index (χ3n) is 5.17. The molecule has 7 nitrogen and oxygen atoms in total. The normalized spacial score (nSPS) is 14.3. The lowest BCUT2D eigenvalue weighted by Gasteiger charge is -2.38. The Labute approximate surface area is 196 Å². The number of carbonyl (C=O) groups is 1. The molecule has 1 heterocycles. The van der Waals surface area contributed by atoms with Gasteiger partial charge in [0, 0.05) is 38.3 Å². The molecule has 0 radical (unpaired) electrons. The zero-order chi connectivity index (χ0) is 24.9. The van der Waals surface area contributed by atoms with Crippen LogP contribution in [-0.4, -0.2) is 43.4 Å². The predicted octanol–water partition coefficient (Wildman–Crippen LogP) is 4.00. The molecule has 0 spiro atoms. The highest BCUT2D eigenvalue weighted by molar-refractivity contribution is 5.79. The van der Waals surface area contributed by atoms with Crippen molar-refractivity contribution < 1.29 is 32.2 Å². The van der Waals surface area contributed by atoms with E-state index < -0.39 is 6.36 Å². The van der Waals surface area contributed by atoms with Gasteiger partial charge in [0.1, 0.15) is 29.9 Å². The molecule has 0 unspecified atom stereocenters. The highest BCUT2D eigenvalue weighted by Crippen LogP contribution is 2.33. The third kappa shape index (κ3) is 6.78. The lowest BCUT2D eigenvalue weighted by Crippen LogP contribution is -2.52. The second-order valence-corrected chi connectivity index (χ2v) is 8.22. The second kappa shape index (κ2) is 10.7. The Balaban J connectivity index is 1.70. The van der Waals surface area contributed by atoms with Gasteiger partial charge >= 0.3 is 6.36 Å². The van der Waals surface area contributed by atoms with Crippen molar-refractivity contribution in [1.82, 2.24) is 10.2 Å². The Morgan fingerprint density at radius 3 is 2.56 bits per heavy atom. The molecule has 0 bridgehead atoms.